The lowest BCUT2D eigenvalue weighted by Gasteiger charge is -2.29. The molecule has 1 amide bonds. The highest BCUT2D eigenvalue weighted by molar-refractivity contribution is 5.96. The number of hydrogen-bond acceptors (Lipinski definition) is 3. The highest BCUT2D eigenvalue weighted by Gasteiger charge is 2.42. The molecule has 0 saturated carbocycles. The molecule has 0 atom stereocenters. The zero-order chi connectivity index (χ0) is 11.6. The Morgan fingerprint density at radius 3 is 2.33 bits per heavy atom. The molecule has 4 heteroatoms. The first kappa shape index (κ1) is 11.9. The highest BCUT2D eigenvalue weighted by atomic mass is 16.2. The minimum atomic E-state index is -0.687. The molecule has 0 spiro atoms. The molecule has 0 N–H and O–H groups in total. The maximum absolute atomic E-state index is 11.7. The van der Waals surface area contributed by atoms with Gasteiger partial charge < -0.3 is 9.69 Å². The van der Waals surface area contributed by atoms with Crippen molar-refractivity contribution in [3.05, 3.63) is 0 Å². The van der Waals surface area contributed by atoms with Crippen LogP contribution in [0.5, 0.6) is 0 Å². The molecule has 1 fully saturated rings. The van der Waals surface area contributed by atoms with E-state index in [0.29, 0.717) is 13.0 Å². The quantitative estimate of drug-likeness (QED) is 0.698. The Labute approximate surface area is 89.6 Å². The number of ketones is 2. The molecule has 84 valence electrons. The minimum Gasteiger partial charge on any atom is -0.330 e. The third-order valence-corrected chi connectivity index (χ3v) is 2.91. The molecule has 0 aliphatic carbocycles. The summed E-state index contributed by atoms with van der Waals surface area (Å²) in [5.41, 5.74) is -0.687. The van der Waals surface area contributed by atoms with E-state index in [0.717, 1.165) is 0 Å². The normalized spacial score (nSPS) is 19.4. The second-order valence-electron chi connectivity index (χ2n) is 4.48. The summed E-state index contributed by atoms with van der Waals surface area (Å²) in [5, 5.41) is 0. The van der Waals surface area contributed by atoms with Crippen molar-refractivity contribution >= 4 is 17.5 Å². The third kappa shape index (κ3) is 2.43. The number of Topliss-reactive ketones (excluding diaryl/α,β-unsaturated/α-hetero) is 2. The Morgan fingerprint density at radius 1 is 1.33 bits per heavy atom. The lowest BCUT2D eigenvalue weighted by Crippen LogP contribution is -2.46. The van der Waals surface area contributed by atoms with Crippen LogP contribution in [0.25, 0.3) is 0 Å². The van der Waals surface area contributed by atoms with Crippen LogP contribution in [0.3, 0.4) is 0 Å². The van der Waals surface area contributed by atoms with Gasteiger partial charge in [0.2, 0.25) is 5.91 Å². The van der Waals surface area contributed by atoms with Crippen molar-refractivity contribution in [2.75, 3.05) is 6.54 Å². The second kappa shape index (κ2) is 4.13. The number of nitrogens with zero attached hydrogens (tertiary/aromatic N) is 1. The average Bonchev–Trinajstić information content (AvgIpc) is 2.38. The number of likely N-dealkylation sites (tertiary alicyclic amines) is 1. The van der Waals surface area contributed by atoms with Crippen molar-refractivity contribution in [2.45, 2.75) is 45.6 Å². The van der Waals surface area contributed by atoms with Crippen LogP contribution in [0.2, 0.25) is 0 Å². The van der Waals surface area contributed by atoms with Gasteiger partial charge in [-0.15, -0.1) is 0 Å². The topological polar surface area (TPSA) is 54.5 Å². The van der Waals surface area contributed by atoms with Gasteiger partial charge in [0.15, 0.2) is 5.78 Å². The van der Waals surface area contributed by atoms with Gasteiger partial charge >= 0.3 is 0 Å². The summed E-state index contributed by atoms with van der Waals surface area (Å²) in [7, 11) is 0. The van der Waals surface area contributed by atoms with E-state index in [4.69, 9.17) is 0 Å². The molecule has 0 bridgehead atoms. The van der Waals surface area contributed by atoms with Crippen molar-refractivity contribution in [3.8, 4) is 0 Å². The fraction of sp³-hybridized carbons (Fsp3) is 0.727. The number of hydrogen-bond donors (Lipinski definition) is 0. The molecule has 0 aromatic rings. The van der Waals surface area contributed by atoms with E-state index in [1.54, 1.807) is 18.7 Å². The standard InChI is InChI=1S/C11H17NO3/c1-8(13)4-5-10(15)12-7-6-9(14)11(12,2)3/h4-7H2,1-3H3. The SMILES string of the molecule is CC(=O)CCC(=O)N1CCC(=O)C1(C)C. The number of amides is 1. The van der Waals surface area contributed by atoms with E-state index in [1.165, 1.54) is 6.92 Å². The summed E-state index contributed by atoms with van der Waals surface area (Å²) in [6.45, 7) is 5.47. The maximum atomic E-state index is 11.7. The fourth-order valence-electron chi connectivity index (χ4n) is 1.80. The van der Waals surface area contributed by atoms with E-state index in [1.807, 2.05) is 0 Å². The summed E-state index contributed by atoms with van der Waals surface area (Å²) < 4.78 is 0. The van der Waals surface area contributed by atoms with Gasteiger partial charge in [-0.1, -0.05) is 0 Å². The largest absolute Gasteiger partial charge is 0.330 e. The van der Waals surface area contributed by atoms with E-state index in [9.17, 15) is 14.4 Å². The average molecular weight is 211 g/mol. The van der Waals surface area contributed by atoms with Gasteiger partial charge in [0, 0.05) is 25.8 Å². The van der Waals surface area contributed by atoms with Gasteiger partial charge in [0.25, 0.3) is 0 Å². The number of rotatable bonds is 3. The maximum Gasteiger partial charge on any atom is 0.223 e. The predicted molar refractivity (Wildman–Crippen MR) is 55.3 cm³/mol. The molecule has 1 aliphatic heterocycles. The molecular weight excluding hydrogens is 194 g/mol. The Bertz CT molecular complexity index is 307. The van der Waals surface area contributed by atoms with Crippen molar-refractivity contribution in [1.29, 1.82) is 0 Å². The molecule has 1 saturated heterocycles. The Morgan fingerprint density at radius 2 is 1.93 bits per heavy atom. The predicted octanol–water partition coefficient (Wildman–Crippen LogP) is 0.936. The van der Waals surface area contributed by atoms with Gasteiger partial charge in [-0.25, -0.2) is 0 Å². The zero-order valence-electron chi connectivity index (χ0n) is 9.50. The molecule has 0 aromatic heterocycles. The molecule has 0 radical (unpaired) electrons. The van der Waals surface area contributed by atoms with Crippen LogP contribution in [0.4, 0.5) is 0 Å². The van der Waals surface area contributed by atoms with Gasteiger partial charge in [-0.05, 0) is 20.8 Å². The van der Waals surface area contributed by atoms with Crippen molar-refractivity contribution < 1.29 is 14.4 Å². The van der Waals surface area contributed by atoms with Crippen LogP contribution in [0.1, 0.15) is 40.0 Å². The molecule has 1 rings (SSSR count). The van der Waals surface area contributed by atoms with Crippen molar-refractivity contribution in [1.82, 2.24) is 4.90 Å². The second-order valence-corrected chi connectivity index (χ2v) is 4.48. The zero-order valence-corrected chi connectivity index (χ0v) is 9.50. The van der Waals surface area contributed by atoms with Gasteiger partial charge in [0.1, 0.15) is 5.78 Å². The lowest BCUT2D eigenvalue weighted by molar-refractivity contribution is -0.139. The summed E-state index contributed by atoms with van der Waals surface area (Å²) in [5.74, 6) is 0.00593. The minimum absolute atomic E-state index is 0.00618. The Hall–Kier alpha value is -1.19. The van der Waals surface area contributed by atoms with Crippen molar-refractivity contribution in [2.24, 2.45) is 0 Å². The van der Waals surface area contributed by atoms with Gasteiger partial charge in [0.05, 0.1) is 5.54 Å². The fourth-order valence-corrected chi connectivity index (χ4v) is 1.80. The smallest absolute Gasteiger partial charge is 0.223 e. The van der Waals surface area contributed by atoms with Crippen molar-refractivity contribution in [3.63, 3.8) is 0 Å². The molecule has 0 unspecified atom stereocenters. The lowest BCUT2D eigenvalue weighted by atomic mass is 10.00. The molecule has 4 nitrogen and oxygen atoms in total. The van der Waals surface area contributed by atoms with E-state index in [2.05, 4.69) is 0 Å². The highest BCUT2D eigenvalue weighted by Crippen LogP contribution is 2.25. The first-order valence-corrected chi connectivity index (χ1v) is 5.19. The van der Waals surface area contributed by atoms with E-state index in [-0.39, 0.29) is 30.3 Å². The van der Waals surface area contributed by atoms with Crippen LogP contribution < -0.4 is 0 Å². The number of carbonyl (C=O) groups is 3. The monoisotopic (exact) mass is 211 g/mol. The Kier molecular flexibility index (Phi) is 3.27. The van der Waals surface area contributed by atoms with Crippen LogP contribution in [0, 0.1) is 0 Å². The van der Waals surface area contributed by atoms with E-state index < -0.39 is 5.54 Å². The molecule has 1 aliphatic rings. The van der Waals surface area contributed by atoms with Crippen LogP contribution in [-0.2, 0) is 14.4 Å². The van der Waals surface area contributed by atoms with E-state index >= 15 is 0 Å². The third-order valence-electron chi connectivity index (χ3n) is 2.91. The first-order valence-electron chi connectivity index (χ1n) is 5.19. The first-order chi connectivity index (χ1) is 6.85. The van der Waals surface area contributed by atoms with Crippen LogP contribution in [-0.4, -0.2) is 34.5 Å². The van der Waals surface area contributed by atoms with Gasteiger partial charge in [-0.3, -0.25) is 9.59 Å². The summed E-state index contributed by atoms with van der Waals surface area (Å²) >= 11 is 0. The number of carbonyl (C=O) groups excluding carboxylic acids is 3. The molecule has 0 aromatic carbocycles. The molecule has 15 heavy (non-hydrogen) atoms. The van der Waals surface area contributed by atoms with Crippen LogP contribution in [0.15, 0.2) is 0 Å². The Balaban J connectivity index is 2.61. The summed E-state index contributed by atoms with van der Waals surface area (Å²) in [6.07, 6.45) is 0.907. The van der Waals surface area contributed by atoms with Crippen LogP contribution >= 0.6 is 0 Å². The summed E-state index contributed by atoms with van der Waals surface area (Å²) in [4.78, 5) is 35.6. The molecular formula is C11H17NO3. The van der Waals surface area contributed by atoms with Gasteiger partial charge in [-0.2, -0.15) is 0 Å². The molecule has 1 heterocycles. The summed E-state index contributed by atoms with van der Waals surface area (Å²) in [6, 6.07) is 0.